The first-order chi connectivity index (χ1) is 12.9. The van der Waals surface area contributed by atoms with E-state index in [1.807, 2.05) is 12.1 Å². The van der Waals surface area contributed by atoms with Crippen LogP contribution in [-0.4, -0.2) is 55.9 Å². The molecule has 1 aliphatic rings. The normalized spacial score (nSPS) is 15.3. The summed E-state index contributed by atoms with van der Waals surface area (Å²) in [5, 5.41) is 10.2. The van der Waals surface area contributed by atoms with E-state index in [-0.39, 0.29) is 10.6 Å². The predicted molar refractivity (Wildman–Crippen MR) is 105 cm³/mol. The average molecular weight is 384 g/mol. The Morgan fingerprint density at radius 2 is 1.59 bits per heavy atom. The Kier molecular flexibility index (Phi) is 4.35. The van der Waals surface area contributed by atoms with Crippen LogP contribution in [-0.2, 0) is 9.84 Å². The van der Waals surface area contributed by atoms with Crippen LogP contribution in [0.1, 0.15) is 0 Å². The number of anilines is 2. The zero-order chi connectivity index (χ0) is 19.0. The van der Waals surface area contributed by atoms with Gasteiger partial charge in [-0.2, -0.15) is 0 Å². The van der Waals surface area contributed by atoms with Crippen LogP contribution >= 0.6 is 0 Å². The summed E-state index contributed by atoms with van der Waals surface area (Å²) in [5.74, 6) is 1.02. The maximum Gasteiger partial charge on any atom is 0.175 e. The van der Waals surface area contributed by atoms with E-state index >= 15 is 0 Å². The summed E-state index contributed by atoms with van der Waals surface area (Å²) >= 11 is 0. The second-order valence-electron chi connectivity index (χ2n) is 6.64. The molecule has 0 unspecified atom stereocenters. The lowest BCUT2D eigenvalue weighted by Gasteiger charge is -2.37. The van der Waals surface area contributed by atoms with Crippen LogP contribution in [0.15, 0.2) is 53.7 Å². The maximum atomic E-state index is 11.9. The Morgan fingerprint density at radius 1 is 0.926 bits per heavy atom. The number of fused-ring (bicyclic) bond motifs is 1. The number of rotatable bonds is 3. The van der Waals surface area contributed by atoms with Crippen LogP contribution in [0.4, 0.5) is 11.5 Å². The quantitative estimate of drug-likeness (QED) is 0.740. The van der Waals surface area contributed by atoms with Gasteiger partial charge in [0.25, 0.3) is 0 Å². The first-order valence-corrected chi connectivity index (χ1v) is 10.5. The van der Waals surface area contributed by atoms with Crippen LogP contribution < -0.4 is 9.80 Å². The fourth-order valence-corrected chi connectivity index (χ4v) is 3.99. The number of aromatic nitrogens is 2. The summed E-state index contributed by atoms with van der Waals surface area (Å²) in [6, 6.07) is 12.2. The second-order valence-corrected chi connectivity index (χ2v) is 8.65. The molecule has 0 atom stereocenters. The largest absolute Gasteiger partial charge is 0.508 e. The van der Waals surface area contributed by atoms with Crippen molar-refractivity contribution < 1.29 is 13.5 Å². The van der Waals surface area contributed by atoms with Crippen LogP contribution in [0.3, 0.4) is 0 Å². The van der Waals surface area contributed by atoms with Crippen LogP contribution in [0.5, 0.6) is 5.75 Å². The molecular weight excluding hydrogens is 364 g/mol. The average Bonchev–Trinajstić information content (AvgIpc) is 2.67. The molecule has 1 aromatic heterocycles. The van der Waals surface area contributed by atoms with E-state index in [4.69, 9.17) is 0 Å². The zero-order valence-corrected chi connectivity index (χ0v) is 15.7. The van der Waals surface area contributed by atoms with Crippen molar-refractivity contribution in [2.75, 3.05) is 42.2 Å². The summed E-state index contributed by atoms with van der Waals surface area (Å²) in [4.78, 5) is 13.4. The second kappa shape index (κ2) is 6.70. The number of hydrogen-bond donors (Lipinski definition) is 1. The van der Waals surface area contributed by atoms with Gasteiger partial charge in [0, 0.05) is 43.5 Å². The minimum atomic E-state index is -3.29. The van der Waals surface area contributed by atoms with Gasteiger partial charge in [-0.25, -0.2) is 18.4 Å². The number of aromatic hydroxyl groups is 1. The molecule has 2 aromatic carbocycles. The highest BCUT2D eigenvalue weighted by Gasteiger charge is 2.21. The van der Waals surface area contributed by atoms with Gasteiger partial charge < -0.3 is 14.9 Å². The summed E-state index contributed by atoms with van der Waals surface area (Å²) in [6.45, 7) is 3.14. The third-order valence-electron chi connectivity index (χ3n) is 4.81. The minimum absolute atomic E-state index is 0.256. The fourth-order valence-electron chi connectivity index (χ4n) is 3.34. The predicted octanol–water partition coefficient (Wildman–Crippen LogP) is 2.07. The van der Waals surface area contributed by atoms with Crippen LogP contribution in [0, 0.1) is 0 Å². The third kappa shape index (κ3) is 3.52. The topological polar surface area (TPSA) is 86.6 Å². The molecule has 1 N–H and O–H groups in total. The first-order valence-electron chi connectivity index (χ1n) is 8.65. The van der Waals surface area contributed by atoms with Crippen LogP contribution in [0.25, 0.3) is 10.9 Å². The van der Waals surface area contributed by atoms with Gasteiger partial charge in [0.2, 0.25) is 0 Å². The van der Waals surface area contributed by atoms with E-state index in [9.17, 15) is 13.5 Å². The molecule has 0 saturated carbocycles. The molecule has 140 valence electrons. The Hall–Kier alpha value is -2.87. The van der Waals surface area contributed by atoms with Crippen molar-refractivity contribution in [2.24, 2.45) is 0 Å². The van der Waals surface area contributed by atoms with Crippen molar-refractivity contribution in [2.45, 2.75) is 4.90 Å². The van der Waals surface area contributed by atoms with Crippen molar-refractivity contribution in [3.8, 4) is 5.75 Å². The molecule has 0 bridgehead atoms. The van der Waals surface area contributed by atoms with Gasteiger partial charge in [-0.15, -0.1) is 0 Å². The summed E-state index contributed by atoms with van der Waals surface area (Å²) in [6.07, 6.45) is 2.72. The Balaban J connectivity index is 1.61. The molecular formula is C19H20N4O3S. The van der Waals surface area contributed by atoms with Crippen molar-refractivity contribution in [3.05, 3.63) is 48.8 Å². The molecule has 0 spiro atoms. The van der Waals surface area contributed by atoms with Gasteiger partial charge in [0.05, 0.1) is 10.4 Å². The highest BCUT2D eigenvalue weighted by Crippen LogP contribution is 2.27. The van der Waals surface area contributed by atoms with Crippen molar-refractivity contribution in [3.63, 3.8) is 0 Å². The SMILES string of the molecule is CS(=O)(=O)c1ccc2ncnc(N3CCN(c4ccc(O)cc4)CC3)c2c1. The van der Waals surface area contributed by atoms with E-state index in [1.54, 1.807) is 30.3 Å². The van der Waals surface area contributed by atoms with Gasteiger partial charge in [-0.3, -0.25) is 0 Å². The summed E-state index contributed by atoms with van der Waals surface area (Å²) < 4.78 is 23.8. The molecule has 7 nitrogen and oxygen atoms in total. The fraction of sp³-hybridized carbons (Fsp3) is 0.263. The smallest absolute Gasteiger partial charge is 0.175 e. The third-order valence-corrected chi connectivity index (χ3v) is 5.92. The van der Waals surface area contributed by atoms with E-state index in [2.05, 4.69) is 19.8 Å². The van der Waals surface area contributed by atoms with Gasteiger partial charge >= 0.3 is 0 Å². The number of phenolic OH excluding ortho intramolecular Hbond substituents is 1. The van der Waals surface area contributed by atoms with E-state index in [1.165, 1.54) is 12.6 Å². The van der Waals surface area contributed by atoms with E-state index < -0.39 is 9.84 Å². The molecule has 0 aliphatic carbocycles. The van der Waals surface area contributed by atoms with Crippen molar-refractivity contribution in [1.82, 2.24) is 9.97 Å². The van der Waals surface area contributed by atoms with E-state index in [0.717, 1.165) is 48.6 Å². The molecule has 4 rings (SSSR count). The number of sulfone groups is 1. The number of hydrogen-bond acceptors (Lipinski definition) is 7. The number of piperazine rings is 1. The van der Waals surface area contributed by atoms with Crippen molar-refractivity contribution >= 4 is 32.2 Å². The molecule has 1 fully saturated rings. The molecule has 0 amide bonds. The molecule has 27 heavy (non-hydrogen) atoms. The number of benzene rings is 2. The molecule has 1 saturated heterocycles. The highest BCUT2D eigenvalue weighted by atomic mass is 32.2. The molecule has 2 heterocycles. The molecule has 8 heteroatoms. The Labute approximate surface area is 157 Å². The Bertz CT molecular complexity index is 1080. The monoisotopic (exact) mass is 384 g/mol. The lowest BCUT2D eigenvalue weighted by atomic mass is 10.2. The summed E-state index contributed by atoms with van der Waals surface area (Å²) in [7, 11) is -3.29. The van der Waals surface area contributed by atoms with Gasteiger partial charge in [0.15, 0.2) is 9.84 Å². The highest BCUT2D eigenvalue weighted by molar-refractivity contribution is 7.90. The number of phenols is 1. The zero-order valence-electron chi connectivity index (χ0n) is 14.9. The van der Waals surface area contributed by atoms with E-state index in [0.29, 0.717) is 0 Å². The Morgan fingerprint density at radius 3 is 2.26 bits per heavy atom. The van der Waals surface area contributed by atoms with Gasteiger partial charge in [-0.05, 0) is 42.5 Å². The number of nitrogens with zero attached hydrogens (tertiary/aromatic N) is 4. The lowest BCUT2D eigenvalue weighted by Crippen LogP contribution is -2.46. The van der Waals surface area contributed by atoms with Crippen LogP contribution in [0.2, 0.25) is 0 Å². The summed E-state index contributed by atoms with van der Waals surface area (Å²) in [5.41, 5.74) is 1.80. The molecule has 1 aliphatic heterocycles. The molecule has 0 radical (unpaired) electrons. The molecule has 3 aromatic rings. The van der Waals surface area contributed by atoms with Crippen molar-refractivity contribution in [1.29, 1.82) is 0 Å². The first kappa shape index (κ1) is 17.5. The van der Waals surface area contributed by atoms with Gasteiger partial charge in [-0.1, -0.05) is 0 Å². The lowest BCUT2D eigenvalue weighted by molar-refractivity contribution is 0.475. The maximum absolute atomic E-state index is 11.9. The minimum Gasteiger partial charge on any atom is -0.508 e. The standard InChI is InChI=1S/C19H20N4O3S/c1-27(25,26)16-6-7-18-17(12-16)19(21-13-20-18)23-10-8-22(9-11-23)14-2-4-15(24)5-3-14/h2-7,12-13,24H,8-11H2,1H3. The van der Waals surface area contributed by atoms with Gasteiger partial charge in [0.1, 0.15) is 17.9 Å².